The van der Waals surface area contributed by atoms with Gasteiger partial charge < -0.3 is 10.2 Å². The topological polar surface area (TPSA) is 112 Å². The lowest BCUT2D eigenvalue weighted by atomic mass is 10.1. The molecule has 3 N–H and O–H groups in total. The summed E-state index contributed by atoms with van der Waals surface area (Å²) in [5, 5.41) is 4.56. The first-order valence-corrected chi connectivity index (χ1v) is 7.68. The van der Waals surface area contributed by atoms with Gasteiger partial charge in [0.1, 0.15) is 5.56 Å². The number of rotatable bonds is 4. The van der Waals surface area contributed by atoms with E-state index in [1.807, 2.05) is 19.1 Å². The van der Waals surface area contributed by atoms with Gasteiger partial charge in [-0.15, -0.1) is 0 Å². The third-order valence-corrected chi connectivity index (χ3v) is 3.73. The number of hydrogen-bond acceptors (Lipinski definition) is 7. The number of nitrogens with two attached hydrogens (primary N) is 1. The molecule has 0 bridgehead atoms. The van der Waals surface area contributed by atoms with Gasteiger partial charge >= 0.3 is 5.97 Å². The Labute approximate surface area is 143 Å². The molecule has 0 aliphatic carbocycles. The first-order valence-electron chi connectivity index (χ1n) is 7.68. The van der Waals surface area contributed by atoms with Crippen LogP contribution in [-0.4, -0.2) is 33.2 Å². The van der Waals surface area contributed by atoms with E-state index in [2.05, 4.69) is 15.5 Å². The van der Waals surface area contributed by atoms with Gasteiger partial charge in [-0.1, -0.05) is 17.7 Å². The maximum atomic E-state index is 12.7. The molecule has 0 amide bonds. The molecule has 3 aromatic rings. The van der Waals surface area contributed by atoms with E-state index in [1.54, 1.807) is 19.1 Å². The van der Waals surface area contributed by atoms with Crippen LogP contribution in [0.3, 0.4) is 0 Å². The van der Waals surface area contributed by atoms with Crippen molar-refractivity contribution in [2.75, 3.05) is 12.0 Å². The monoisotopic (exact) mass is 339 g/mol. The molecule has 0 aliphatic rings. The van der Waals surface area contributed by atoms with Crippen molar-refractivity contribution in [2.45, 2.75) is 13.8 Å². The molecule has 0 aliphatic heterocycles. The summed E-state index contributed by atoms with van der Waals surface area (Å²) in [7, 11) is 0. The van der Waals surface area contributed by atoms with Crippen LogP contribution in [-0.2, 0) is 4.74 Å². The number of hydrazine groups is 1. The largest absolute Gasteiger partial charge is 0.462 e. The standard InChI is InChI=1S/C17H17N5O3/c1-3-25-17(24)13-8-19-15-12(14(13)21-18)9-20-22(15)16(23)11-6-4-10(2)5-7-11/h4-9H,3,18H2,1-2H3,(H,19,21). The van der Waals surface area contributed by atoms with E-state index in [0.717, 1.165) is 5.56 Å². The summed E-state index contributed by atoms with van der Waals surface area (Å²) in [4.78, 5) is 28.9. The normalized spacial score (nSPS) is 10.7. The fraction of sp³-hybridized carbons (Fsp3) is 0.176. The molecular weight excluding hydrogens is 322 g/mol. The molecule has 8 heteroatoms. The van der Waals surface area contributed by atoms with E-state index in [4.69, 9.17) is 10.6 Å². The van der Waals surface area contributed by atoms with Gasteiger partial charge in [-0.05, 0) is 26.0 Å². The van der Waals surface area contributed by atoms with E-state index in [-0.39, 0.29) is 18.1 Å². The van der Waals surface area contributed by atoms with Crippen LogP contribution in [0.15, 0.2) is 36.7 Å². The number of nitrogens with one attached hydrogen (secondary N) is 1. The minimum Gasteiger partial charge on any atom is -0.462 e. The number of esters is 1. The second kappa shape index (κ2) is 6.70. The molecule has 128 valence electrons. The summed E-state index contributed by atoms with van der Waals surface area (Å²) >= 11 is 0. The number of fused-ring (bicyclic) bond motifs is 1. The highest BCUT2D eigenvalue weighted by molar-refractivity contribution is 6.07. The molecule has 0 saturated heterocycles. The van der Waals surface area contributed by atoms with Gasteiger partial charge in [-0.3, -0.25) is 10.6 Å². The number of hydrogen-bond donors (Lipinski definition) is 2. The number of pyridine rings is 1. The number of benzene rings is 1. The Hall–Kier alpha value is -3.26. The van der Waals surface area contributed by atoms with E-state index < -0.39 is 5.97 Å². The number of ether oxygens (including phenoxy) is 1. The molecule has 2 aromatic heterocycles. The first kappa shape index (κ1) is 16.6. The predicted molar refractivity (Wildman–Crippen MR) is 92.2 cm³/mol. The Morgan fingerprint density at radius 1 is 1.24 bits per heavy atom. The SMILES string of the molecule is CCOC(=O)c1cnc2c(cnn2C(=O)c2ccc(C)cc2)c1NN. The van der Waals surface area contributed by atoms with E-state index in [0.29, 0.717) is 22.3 Å². The predicted octanol–water partition coefficient (Wildman–Crippen LogP) is 1.89. The van der Waals surface area contributed by atoms with Gasteiger partial charge in [0.25, 0.3) is 5.91 Å². The van der Waals surface area contributed by atoms with Crippen molar-refractivity contribution in [1.82, 2.24) is 14.8 Å². The average Bonchev–Trinajstić information content (AvgIpc) is 3.05. The lowest BCUT2D eigenvalue weighted by Crippen LogP contribution is -2.16. The molecule has 0 spiro atoms. The van der Waals surface area contributed by atoms with Gasteiger partial charge in [-0.2, -0.15) is 9.78 Å². The summed E-state index contributed by atoms with van der Waals surface area (Å²) in [5.74, 6) is 4.68. The van der Waals surface area contributed by atoms with Gasteiger partial charge in [0, 0.05) is 11.8 Å². The highest BCUT2D eigenvalue weighted by Crippen LogP contribution is 2.26. The van der Waals surface area contributed by atoms with Crippen LogP contribution in [0.2, 0.25) is 0 Å². The molecule has 0 radical (unpaired) electrons. The van der Waals surface area contributed by atoms with Crippen molar-refractivity contribution < 1.29 is 14.3 Å². The van der Waals surface area contributed by atoms with Crippen LogP contribution < -0.4 is 11.3 Å². The Balaban J connectivity index is 2.09. The number of carbonyl (C=O) groups excluding carboxylic acids is 2. The van der Waals surface area contributed by atoms with Gasteiger partial charge in [0.2, 0.25) is 0 Å². The lowest BCUT2D eigenvalue weighted by molar-refractivity contribution is 0.0527. The fourth-order valence-electron chi connectivity index (χ4n) is 2.46. The summed E-state index contributed by atoms with van der Waals surface area (Å²) in [6, 6.07) is 7.14. The third kappa shape index (κ3) is 2.94. The number of aryl methyl sites for hydroxylation is 1. The molecule has 1 aromatic carbocycles. The lowest BCUT2D eigenvalue weighted by Gasteiger charge is -2.09. The Morgan fingerprint density at radius 3 is 2.60 bits per heavy atom. The molecule has 0 unspecified atom stereocenters. The number of carbonyl (C=O) groups is 2. The molecule has 8 nitrogen and oxygen atoms in total. The Morgan fingerprint density at radius 2 is 1.96 bits per heavy atom. The molecule has 2 heterocycles. The fourth-order valence-corrected chi connectivity index (χ4v) is 2.46. The van der Waals surface area contributed by atoms with Crippen LogP contribution in [0.1, 0.15) is 33.2 Å². The molecule has 0 saturated carbocycles. The average molecular weight is 339 g/mol. The van der Waals surface area contributed by atoms with E-state index in [9.17, 15) is 9.59 Å². The molecular formula is C17H17N5O3. The van der Waals surface area contributed by atoms with E-state index >= 15 is 0 Å². The summed E-state index contributed by atoms with van der Waals surface area (Å²) in [5.41, 5.74) is 4.79. The smallest absolute Gasteiger partial charge is 0.341 e. The number of nitrogens with zero attached hydrogens (tertiary/aromatic N) is 3. The number of anilines is 1. The van der Waals surface area contributed by atoms with Crippen LogP contribution >= 0.6 is 0 Å². The molecule has 3 rings (SSSR count). The minimum absolute atomic E-state index is 0.180. The van der Waals surface area contributed by atoms with Crippen molar-refractivity contribution >= 4 is 28.6 Å². The summed E-state index contributed by atoms with van der Waals surface area (Å²) in [6.07, 6.45) is 2.75. The first-order chi connectivity index (χ1) is 12.1. The Bertz CT molecular complexity index is 947. The van der Waals surface area contributed by atoms with Gasteiger partial charge in [-0.25, -0.2) is 9.78 Å². The van der Waals surface area contributed by atoms with Gasteiger partial charge in [0.15, 0.2) is 5.65 Å². The highest BCUT2D eigenvalue weighted by atomic mass is 16.5. The number of aromatic nitrogens is 3. The Kier molecular flexibility index (Phi) is 4.44. The van der Waals surface area contributed by atoms with Crippen LogP contribution in [0.25, 0.3) is 11.0 Å². The maximum Gasteiger partial charge on any atom is 0.341 e. The maximum absolute atomic E-state index is 12.7. The minimum atomic E-state index is -0.553. The number of nitrogen functional groups attached to an aromatic ring is 1. The third-order valence-electron chi connectivity index (χ3n) is 3.73. The zero-order chi connectivity index (χ0) is 18.0. The van der Waals surface area contributed by atoms with Gasteiger partial charge in [0.05, 0.1) is 23.9 Å². The quantitative estimate of drug-likeness (QED) is 0.424. The van der Waals surface area contributed by atoms with Crippen molar-refractivity contribution in [3.63, 3.8) is 0 Å². The summed E-state index contributed by atoms with van der Waals surface area (Å²) < 4.78 is 6.16. The highest BCUT2D eigenvalue weighted by Gasteiger charge is 2.21. The van der Waals surface area contributed by atoms with Crippen molar-refractivity contribution in [3.05, 3.63) is 53.3 Å². The second-order valence-electron chi connectivity index (χ2n) is 5.38. The molecule has 25 heavy (non-hydrogen) atoms. The molecule has 0 atom stereocenters. The molecule has 0 fully saturated rings. The van der Waals surface area contributed by atoms with Crippen LogP contribution in [0.4, 0.5) is 5.69 Å². The van der Waals surface area contributed by atoms with E-state index in [1.165, 1.54) is 17.1 Å². The van der Waals surface area contributed by atoms with Crippen LogP contribution in [0.5, 0.6) is 0 Å². The summed E-state index contributed by atoms with van der Waals surface area (Å²) in [6.45, 7) is 3.87. The van der Waals surface area contributed by atoms with Crippen LogP contribution in [0, 0.1) is 6.92 Å². The zero-order valence-corrected chi connectivity index (χ0v) is 13.8. The van der Waals surface area contributed by atoms with Crippen molar-refractivity contribution in [2.24, 2.45) is 5.84 Å². The van der Waals surface area contributed by atoms with Crippen molar-refractivity contribution in [1.29, 1.82) is 0 Å². The zero-order valence-electron chi connectivity index (χ0n) is 13.8. The second-order valence-corrected chi connectivity index (χ2v) is 5.38. The van der Waals surface area contributed by atoms with Crippen molar-refractivity contribution in [3.8, 4) is 0 Å².